The van der Waals surface area contributed by atoms with Gasteiger partial charge in [0.2, 0.25) is 0 Å². The lowest BCUT2D eigenvalue weighted by Gasteiger charge is -2.14. The first-order chi connectivity index (χ1) is 6.77. The zero-order chi connectivity index (χ0) is 10.4. The van der Waals surface area contributed by atoms with Gasteiger partial charge in [-0.05, 0) is 52.8 Å². The van der Waals surface area contributed by atoms with Crippen LogP contribution >= 0.6 is 27.3 Å². The first-order valence-electron chi connectivity index (χ1n) is 4.68. The summed E-state index contributed by atoms with van der Waals surface area (Å²) >= 11 is 5.21. The molecule has 0 fully saturated rings. The van der Waals surface area contributed by atoms with Crippen LogP contribution in [0.4, 0.5) is 0 Å². The molecular formula is C10H16BrNOS. The maximum Gasteiger partial charge on any atom is 0.0701 e. The summed E-state index contributed by atoms with van der Waals surface area (Å²) in [5.74, 6) is 0. The van der Waals surface area contributed by atoms with Crippen molar-refractivity contribution in [3.63, 3.8) is 0 Å². The topological polar surface area (TPSA) is 21.3 Å². The Morgan fingerprint density at radius 2 is 2.43 bits per heavy atom. The predicted molar refractivity (Wildman–Crippen MR) is 64.9 cm³/mol. The molecule has 0 aliphatic carbocycles. The summed E-state index contributed by atoms with van der Waals surface area (Å²) in [6.45, 7) is 0.837. The van der Waals surface area contributed by atoms with Crippen molar-refractivity contribution in [3.05, 3.63) is 20.8 Å². The van der Waals surface area contributed by atoms with E-state index in [-0.39, 0.29) is 0 Å². The third kappa shape index (κ3) is 3.69. The molecule has 2 nitrogen and oxygen atoms in total. The zero-order valence-corrected chi connectivity index (χ0v) is 11.0. The lowest BCUT2D eigenvalue weighted by atomic mass is 10.1. The molecule has 0 saturated carbocycles. The highest BCUT2D eigenvalue weighted by Crippen LogP contribution is 2.27. The van der Waals surface area contributed by atoms with Gasteiger partial charge in [-0.15, -0.1) is 11.3 Å². The Morgan fingerprint density at radius 3 is 2.93 bits per heavy atom. The molecule has 0 amide bonds. The van der Waals surface area contributed by atoms with Crippen LogP contribution < -0.4 is 5.32 Å². The highest BCUT2D eigenvalue weighted by molar-refractivity contribution is 9.11. The smallest absolute Gasteiger partial charge is 0.0701 e. The van der Waals surface area contributed by atoms with E-state index in [0.29, 0.717) is 6.04 Å². The fourth-order valence-corrected chi connectivity index (χ4v) is 2.65. The van der Waals surface area contributed by atoms with Gasteiger partial charge in [-0.1, -0.05) is 0 Å². The molecule has 0 aliphatic heterocycles. The molecule has 0 radical (unpaired) electrons. The Bertz CT molecular complexity index is 264. The summed E-state index contributed by atoms with van der Waals surface area (Å²) in [6, 6.07) is 2.63. The Balaban J connectivity index is 2.45. The molecule has 80 valence electrons. The normalized spacial score (nSPS) is 13.1. The van der Waals surface area contributed by atoms with E-state index in [1.165, 1.54) is 9.35 Å². The Hall–Kier alpha value is 0.100. The van der Waals surface area contributed by atoms with Gasteiger partial charge >= 0.3 is 0 Å². The van der Waals surface area contributed by atoms with Crippen molar-refractivity contribution in [2.75, 3.05) is 20.8 Å². The van der Waals surface area contributed by atoms with Gasteiger partial charge in [-0.2, -0.15) is 0 Å². The van der Waals surface area contributed by atoms with E-state index >= 15 is 0 Å². The molecule has 1 unspecified atom stereocenters. The van der Waals surface area contributed by atoms with E-state index < -0.39 is 0 Å². The molecular weight excluding hydrogens is 262 g/mol. The van der Waals surface area contributed by atoms with Gasteiger partial charge in [0.1, 0.15) is 0 Å². The number of rotatable bonds is 6. The van der Waals surface area contributed by atoms with Crippen LogP contribution in [-0.2, 0) is 4.74 Å². The summed E-state index contributed by atoms with van der Waals surface area (Å²) in [7, 11) is 3.75. The van der Waals surface area contributed by atoms with E-state index in [4.69, 9.17) is 4.74 Å². The molecule has 1 N–H and O–H groups in total. The van der Waals surface area contributed by atoms with E-state index in [9.17, 15) is 0 Å². The average molecular weight is 278 g/mol. The van der Waals surface area contributed by atoms with E-state index in [1.54, 1.807) is 18.4 Å². The van der Waals surface area contributed by atoms with Gasteiger partial charge in [0, 0.05) is 19.8 Å². The Kier molecular flexibility index (Phi) is 5.70. The molecule has 1 atom stereocenters. The molecule has 0 aromatic carbocycles. The van der Waals surface area contributed by atoms with E-state index in [1.807, 2.05) is 7.05 Å². The van der Waals surface area contributed by atoms with E-state index in [0.717, 1.165) is 19.4 Å². The van der Waals surface area contributed by atoms with Gasteiger partial charge in [0.05, 0.1) is 3.79 Å². The Labute approximate surface area is 97.8 Å². The number of ether oxygens (including phenoxy) is 1. The first-order valence-corrected chi connectivity index (χ1v) is 6.35. The predicted octanol–water partition coefficient (Wildman–Crippen LogP) is 3.20. The summed E-state index contributed by atoms with van der Waals surface area (Å²) in [5, 5.41) is 5.51. The summed E-state index contributed by atoms with van der Waals surface area (Å²) in [6.07, 6.45) is 2.21. The Morgan fingerprint density at radius 1 is 1.64 bits per heavy atom. The molecule has 1 heterocycles. The number of hydrogen-bond acceptors (Lipinski definition) is 3. The third-order valence-corrected chi connectivity index (χ3v) is 3.70. The van der Waals surface area contributed by atoms with Crippen molar-refractivity contribution in [1.82, 2.24) is 5.32 Å². The van der Waals surface area contributed by atoms with Crippen molar-refractivity contribution in [1.29, 1.82) is 0 Å². The first kappa shape index (κ1) is 12.2. The molecule has 0 spiro atoms. The third-order valence-electron chi connectivity index (χ3n) is 2.18. The number of nitrogens with one attached hydrogen (secondary N) is 1. The quantitative estimate of drug-likeness (QED) is 0.807. The van der Waals surface area contributed by atoms with Gasteiger partial charge in [0.25, 0.3) is 0 Å². The maximum atomic E-state index is 5.04. The fourth-order valence-electron chi connectivity index (χ4n) is 1.42. The molecule has 4 heteroatoms. The standard InChI is InChI=1S/C10H16BrNOS/c1-12-9(4-3-5-13-2)8-6-10(11)14-7-8/h6-7,9,12H,3-5H2,1-2H3. The van der Waals surface area contributed by atoms with Crippen LogP contribution in [0.1, 0.15) is 24.4 Å². The minimum absolute atomic E-state index is 0.452. The van der Waals surface area contributed by atoms with Crippen LogP contribution in [0.25, 0.3) is 0 Å². The molecule has 1 aromatic heterocycles. The number of thiophene rings is 1. The molecule has 0 bridgehead atoms. The molecule has 1 rings (SSSR count). The summed E-state index contributed by atoms with van der Waals surface area (Å²) in [5.41, 5.74) is 1.36. The van der Waals surface area contributed by atoms with Crippen molar-refractivity contribution in [2.45, 2.75) is 18.9 Å². The van der Waals surface area contributed by atoms with Crippen LogP contribution in [0.5, 0.6) is 0 Å². The van der Waals surface area contributed by atoms with Crippen molar-refractivity contribution in [3.8, 4) is 0 Å². The zero-order valence-electron chi connectivity index (χ0n) is 8.55. The molecule has 1 aromatic rings. The van der Waals surface area contributed by atoms with Crippen LogP contribution in [0.3, 0.4) is 0 Å². The van der Waals surface area contributed by atoms with Gasteiger partial charge in [0.15, 0.2) is 0 Å². The fraction of sp³-hybridized carbons (Fsp3) is 0.600. The van der Waals surface area contributed by atoms with Crippen LogP contribution in [-0.4, -0.2) is 20.8 Å². The second-order valence-electron chi connectivity index (χ2n) is 3.16. The monoisotopic (exact) mass is 277 g/mol. The molecule has 0 aliphatic rings. The van der Waals surface area contributed by atoms with Crippen LogP contribution in [0.2, 0.25) is 0 Å². The highest BCUT2D eigenvalue weighted by Gasteiger charge is 2.10. The van der Waals surface area contributed by atoms with Gasteiger partial charge in [-0.3, -0.25) is 0 Å². The van der Waals surface area contributed by atoms with Gasteiger partial charge < -0.3 is 10.1 Å². The number of hydrogen-bond donors (Lipinski definition) is 1. The minimum atomic E-state index is 0.452. The summed E-state index contributed by atoms with van der Waals surface area (Å²) < 4.78 is 6.24. The van der Waals surface area contributed by atoms with Crippen molar-refractivity contribution in [2.24, 2.45) is 0 Å². The largest absolute Gasteiger partial charge is 0.385 e. The molecule has 14 heavy (non-hydrogen) atoms. The van der Waals surface area contributed by atoms with Gasteiger partial charge in [-0.25, -0.2) is 0 Å². The van der Waals surface area contributed by atoms with Crippen molar-refractivity contribution < 1.29 is 4.74 Å². The van der Waals surface area contributed by atoms with Crippen LogP contribution in [0, 0.1) is 0 Å². The van der Waals surface area contributed by atoms with Crippen LogP contribution in [0.15, 0.2) is 15.2 Å². The second kappa shape index (κ2) is 6.56. The van der Waals surface area contributed by atoms with Crippen molar-refractivity contribution >= 4 is 27.3 Å². The highest BCUT2D eigenvalue weighted by atomic mass is 79.9. The minimum Gasteiger partial charge on any atom is -0.385 e. The average Bonchev–Trinajstić information content (AvgIpc) is 2.60. The second-order valence-corrected chi connectivity index (χ2v) is 5.45. The lowest BCUT2D eigenvalue weighted by molar-refractivity contribution is 0.189. The number of halogens is 1. The maximum absolute atomic E-state index is 5.04. The summed E-state index contributed by atoms with van der Waals surface area (Å²) in [4.78, 5) is 0. The molecule has 0 saturated heterocycles. The lowest BCUT2D eigenvalue weighted by Crippen LogP contribution is -2.16. The number of methoxy groups -OCH3 is 1. The van der Waals surface area contributed by atoms with E-state index in [2.05, 4.69) is 32.7 Å². The SMILES string of the molecule is CNC(CCCOC)c1csc(Br)c1.